The van der Waals surface area contributed by atoms with Gasteiger partial charge in [-0.1, -0.05) is 35.9 Å². The largest absolute Gasteiger partial charge is 0.489 e. The molecule has 0 saturated heterocycles. The van der Waals surface area contributed by atoms with E-state index >= 15 is 0 Å². The number of amides is 1. The predicted molar refractivity (Wildman–Crippen MR) is 91.0 cm³/mol. The van der Waals surface area contributed by atoms with Crippen LogP contribution < -0.4 is 10.1 Å². The summed E-state index contributed by atoms with van der Waals surface area (Å²) in [4.78, 5) is 16.3. The summed E-state index contributed by atoms with van der Waals surface area (Å²) in [5, 5.41) is 3.64. The van der Waals surface area contributed by atoms with E-state index in [1.54, 1.807) is 6.20 Å². The van der Waals surface area contributed by atoms with Gasteiger partial charge in [0.1, 0.15) is 23.7 Å². The Morgan fingerprint density at radius 1 is 1.17 bits per heavy atom. The van der Waals surface area contributed by atoms with Gasteiger partial charge >= 0.3 is 0 Å². The van der Waals surface area contributed by atoms with Crippen molar-refractivity contribution in [2.75, 3.05) is 13.2 Å². The van der Waals surface area contributed by atoms with E-state index in [4.69, 9.17) is 16.3 Å². The van der Waals surface area contributed by atoms with Crippen LogP contribution in [0.4, 0.5) is 4.39 Å². The van der Waals surface area contributed by atoms with Crippen molar-refractivity contribution in [3.05, 3.63) is 71.1 Å². The number of hydrogen-bond acceptors (Lipinski definition) is 3. The van der Waals surface area contributed by atoms with Crippen LogP contribution >= 0.6 is 11.6 Å². The highest BCUT2D eigenvalue weighted by Gasteiger charge is 2.15. The third-order valence-corrected chi connectivity index (χ3v) is 3.75. The zero-order valence-corrected chi connectivity index (χ0v) is 13.4. The van der Waals surface area contributed by atoms with Crippen molar-refractivity contribution in [1.82, 2.24) is 10.3 Å². The SMILES string of the molecule is O=C(NCCOc1cccc2cccnc12)c1c(F)cccc1Cl. The highest BCUT2D eigenvalue weighted by atomic mass is 35.5. The second-order valence-corrected chi connectivity index (χ2v) is 5.44. The van der Waals surface area contributed by atoms with E-state index < -0.39 is 11.7 Å². The van der Waals surface area contributed by atoms with Crippen LogP contribution in [0.2, 0.25) is 5.02 Å². The molecule has 2 aromatic carbocycles. The van der Waals surface area contributed by atoms with Crippen LogP contribution in [0.1, 0.15) is 10.4 Å². The van der Waals surface area contributed by atoms with Gasteiger partial charge in [0.25, 0.3) is 5.91 Å². The van der Waals surface area contributed by atoms with Gasteiger partial charge in [-0.05, 0) is 24.3 Å². The Hall–Kier alpha value is -2.66. The van der Waals surface area contributed by atoms with Gasteiger partial charge in [0.05, 0.1) is 17.1 Å². The number of carbonyl (C=O) groups excluding carboxylic acids is 1. The Labute approximate surface area is 143 Å². The molecule has 0 atom stereocenters. The lowest BCUT2D eigenvalue weighted by Crippen LogP contribution is -2.29. The van der Waals surface area contributed by atoms with E-state index in [1.165, 1.54) is 18.2 Å². The van der Waals surface area contributed by atoms with E-state index in [0.717, 1.165) is 10.9 Å². The number of aromatic nitrogens is 1. The number of ether oxygens (including phenoxy) is 1. The predicted octanol–water partition coefficient (Wildman–Crippen LogP) is 3.84. The molecule has 0 radical (unpaired) electrons. The summed E-state index contributed by atoms with van der Waals surface area (Å²) in [6, 6.07) is 13.5. The zero-order valence-electron chi connectivity index (χ0n) is 12.6. The van der Waals surface area contributed by atoms with Crippen LogP contribution in [0.3, 0.4) is 0 Å². The molecule has 1 heterocycles. The van der Waals surface area contributed by atoms with Gasteiger partial charge in [-0.15, -0.1) is 0 Å². The maximum atomic E-state index is 13.7. The van der Waals surface area contributed by atoms with Crippen LogP contribution in [-0.4, -0.2) is 24.0 Å². The van der Waals surface area contributed by atoms with Crippen molar-refractivity contribution < 1.29 is 13.9 Å². The highest BCUT2D eigenvalue weighted by molar-refractivity contribution is 6.33. The first-order valence-corrected chi connectivity index (χ1v) is 7.73. The molecule has 0 aliphatic carbocycles. The molecule has 0 bridgehead atoms. The molecule has 0 aliphatic heterocycles. The number of nitrogens with one attached hydrogen (secondary N) is 1. The summed E-state index contributed by atoms with van der Waals surface area (Å²) < 4.78 is 19.3. The minimum atomic E-state index is -0.654. The molecule has 3 aromatic rings. The van der Waals surface area contributed by atoms with Gasteiger partial charge < -0.3 is 10.1 Å². The van der Waals surface area contributed by atoms with Crippen molar-refractivity contribution in [1.29, 1.82) is 0 Å². The molecule has 1 aromatic heterocycles. The fraction of sp³-hybridized carbons (Fsp3) is 0.111. The number of halogens is 2. The van der Waals surface area contributed by atoms with Gasteiger partial charge in [0.2, 0.25) is 0 Å². The Morgan fingerprint density at radius 2 is 1.96 bits per heavy atom. The highest BCUT2D eigenvalue weighted by Crippen LogP contribution is 2.22. The number of carbonyl (C=O) groups is 1. The third kappa shape index (κ3) is 3.46. The molecule has 0 fully saturated rings. The molecule has 0 saturated carbocycles. The molecular formula is C18H14ClFN2O2. The lowest BCUT2D eigenvalue weighted by atomic mass is 10.2. The smallest absolute Gasteiger partial charge is 0.255 e. The lowest BCUT2D eigenvalue weighted by molar-refractivity contribution is 0.0943. The summed E-state index contributed by atoms with van der Waals surface area (Å²) >= 11 is 5.86. The summed E-state index contributed by atoms with van der Waals surface area (Å²) in [6.07, 6.45) is 1.69. The molecule has 3 rings (SSSR count). The number of pyridine rings is 1. The number of para-hydroxylation sites is 1. The molecular weight excluding hydrogens is 331 g/mol. The number of rotatable bonds is 5. The summed E-state index contributed by atoms with van der Waals surface area (Å²) in [5.41, 5.74) is 0.592. The minimum Gasteiger partial charge on any atom is -0.489 e. The standard InChI is InChI=1S/C18H14ClFN2O2/c19-13-6-2-7-14(20)16(13)18(23)22-10-11-24-15-8-1-4-12-5-3-9-21-17(12)15/h1-9H,10-11H2,(H,22,23). The first kappa shape index (κ1) is 16.2. The van der Waals surface area contributed by atoms with Crippen molar-refractivity contribution in [2.45, 2.75) is 0 Å². The van der Waals surface area contributed by atoms with Crippen molar-refractivity contribution >= 4 is 28.4 Å². The van der Waals surface area contributed by atoms with E-state index in [0.29, 0.717) is 5.75 Å². The summed E-state index contributed by atoms with van der Waals surface area (Å²) in [6.45, 7) is 0.445. The molecule has 6 heteroatoms. The molecule has 0 aliphatic rings. The molecule has 1 amide bonds. The van der Waals surface area contributed by atoms with E-state index in [2.05, 4.69) is 10.3 Å². The fourth-order valence-corrected chi connectivity index (χ4v) is 2.57. The maximum Gasteiger partial charge on any atom is 0.255 e. The topological polar surface area (TPSA) is 51.2 Å². The molecule has 1 N–H and O–H groups in total. The first-order chi connectivity index (χ1) is 11.7. The number of fused-ring (bicyclic) bond motifs is 1. The second kappa shape index (κ2) is 7.27. The van der Waals surface area contributed by atoms with Crippen LogP contribution in [0.5, 0.6) is 5.75 Å². The van der Waals surface area contributed by atoms with Gasteiger partial charge in [-0.3, -0.25) is 9.78 Å². The van der Waals surface area contributed by atoms with Crippen LogP contribution in [0.15, 0.2) is 54.7 Å². The Kier molecular flexibility index (Phi) is 4.91. The summed E-state index contributed by atoms with van der Waals surface area (Å²) in [5.74, 6) is -0.594. The molecule has 122 valence electrons. The monoisotopic (exact) mass is 344 g/mol. The van der Waals surface area contributed by atoms with Gasteiger partial charge in [0, 0.05) is 11.6 Å². The van der Waals surface area contributed by atoms with Gasteiger partial charge in [-0.2, -0.15) is 0 Å². The number of hydrogen-bond donors (Lipinski definition) is 1. The zero-order chi connectivity index (χ0) is 16.9. The minimum absolute atomic E-state index is 0.0756. The molecule has 24 heavy (non-hydrogen) atoms. The molecule has 4 nitrogen and oxygen atoms in total. The van der Waals surface area contributed by atoms with Crippen LogP contribution in [0, 0.1) is 5.82 Å². The van der Waals surface area contributed by atoms with E-state index in [-0.39, 0.29) is 23.7 Å². The number of nitrogens with zero attached hydrogens (tertiary/aromatic N) is 1. The average molecular weight is 345 g/mol. The average Bonchev–Trinajstić information content (AvgIpc) is 2.58. The number of benzene rings is 2. The molecule has 0 spiro atoms. The quantitative estimate of drug-likeness (QED) is 0.715. The van der Waals surface area contributed by atoms with Crippen molar-refractivity contribution in [3.8, 4) is 5.75 Å². The van der Waals surface area contributed by atoms with Crippen LogP contribution in [-0.2, 0) is 0 Å². The Bertz CT molecular complexity index is 860. The maximum absolute atomic E-state index is 13.7. The second-order valence-electron chi connectivity index (χ2n) is 5.03. The Morgan fingerprint density at radius 3 is 2.79 bits per heavy atom. The first-order valence-electron chi connectivity index (χ1n) is 7.35. The van der Waals surface area contributed by atoms with Gasteiger partial charge in [-0.25, -0.2) is 4.39 Å². The van der Waals surface area contributed by atoms with E-state index in [9.17, 15) is 9.18 Å². The molecule has 0 unspecified atom stereocenters. The Balaban J connectivity index is 1.60. The summed E-state index contributed by atoms with van der Waals surface area (Å²) in [7, 11) is 0. The third-order valence-electron chi connectivity index (χ3n) is 3.43. The van der Waals surface area contributed by atoms with Gasteiger partial charge in [0.15, 0.2) is 0 Å². The van der Waals surface area contributed by atoms with Crippen LogP contribution in [0.25, 0.3) is 10.9 Å². The van der Waals surface area contributed by atoms with E-state index in [1.807, 2.05) is 30.3 Å². The fourth-order valence-electron chi connectivity index (χ4n) is 2.32. The lowest BCUT2D eigenvalue weighted by Gasteiger charge is -2.10. The van der Waals surface area contributed by atoms with Crippen molar-refractivity contribution in [3.63, 3.8) is 0 Å². The van der Waals surface area contributed by atoms with Crippen molar-refractivity contribution in [2.24, 2.45) is 0 Å². The normalized spacial score (nSPS) is 10.6.